The number of carbonyl (C=O) groups excluding carboxylic acids is 1. The predicted octanol–water partition coefficient (Wildman–Crippen LogP) is 1.58. The molecule has 0 aromatic heterocycles. The van der Waals surface area contributed by atoms with Gasteiger partial charge in [-0.25, -0.2) is 4.79 Å². The molecule has 6 nitrogen and oxygen atoms in total. The fraction of sp³-hybridized carbons (Fsp3) is 0.889. The molecule has 0 spiro atoms. The van der Waals surface area contributed by atoms with Gasteiger partial charge in [0.05, 0.1) is 12.8 Å². The number of amides is 1. The van der Waals surface area contributed by atoms with Gasteiger partial charge in [-0.3, -0.25) is 0 Å². The molecule has 0 atom stereocenters. The van der Waals surface area contributed by atoms with Crippen LogP contribution in [0, 0.1) is 0 Å². The SMILES string of the molecule is CCOC(=O)NC[Si](C)(OCC)OCC.N. The first-order valence-corrected chi connectivity index (χ1v) is 7.78. The molecule has 0 unspecified atom stereocenters. The van der Waals surface area contributed by atoms with Crippen molar-refractivity contribution in [1.82, 2.24) is 11.5 Å². The molecule has 16 heavy (non-hydrogen) atoms. The minimum atomic E-state index is -2.25. The summed E-state index contributed by atoms with van der Waals surface area (Å²) < 4.78 is 15.8. The molecule has 0 aliphatic carbocycles. The highest BCUT2D eigenvalue weighted by molar-refractivity contribution is 6.66. The van der Waals surface area contributed by atoms with Crippen LogP contribution in [0.5, 0.6) is 0 Å². The fourth-order valence-electron chi connectivity index (χ4n) is 1.17. The quantitative estimate of drug-likeness (QED) is 0.671. The standard InChI is InChI=1S/C9H21NO4Si.H3N/c1-5-12-9(11)10-8-15(4,13-6-2)14-7-3;/h5-8H2,1-4H3,(H,10,11);1H3. The van der Waals surface area contributed by atoms with Crippen LogP contribution in [0.15, 0.2) is 0 Å². The molecule has 7 heteroatoms. The molecule has 98 valence electrons. The Bertz CT molecular complexity index is 186. The summed E-state index contributed by atoms with van der Waals surface area (Å²) in [6.45, 7) is 9.06. The molecule has 0 heterocycles. The van der Waals surface area contributed by atoms with Crippen molar-refractivity contribution >= 4 is 14.7 Å². The van der Waals surface area contributed by atoms with E-state index in [0.29, 0.717) is 26.0 Å². The fourth-order valence-corrected chi connectivity index (χ4v) is 3.14. The molecular weight excluding hydrogens is 228 g/mol. The Kier molecular flexibility index (Phi) is 10.6. The summed E-state index contributed by atoms with van der Waals surface area (Å²) in [6.07, 6.45) is -0.0105. The highest BCUT2D eigenvalue weighted by atomic mass is 28.4. The Morgan fingerprint density at radius 2 is 1.62 bits per heavy atom. The number of carbonyl (C=O) groups is 1. The lowest BCUT2D eigenvalue weighted by molar-refractivity contribution is 0.148. The second kappa shape index (κ2) is 9.58. The van der Waals surface area contributed by atoms with Crippen LogP contribution in [0.3, 0.4) is 0 Å². The topological polar surface area (TPSA) is 91.8 Å². The van der Waals surface area contributed by atoms with Crippen LogP contribution >= 0.6 is 0 Å². The maximum Gasteiger partial charge on any atom is 0.407 e. The molecule has 0 rings (SSSR count). The van der Waals surface area contributed by atoms with Gasteiger partial charge in [-0.1, -0.05) is 0 Å². The summed E-state index contributed by atoms with van der Waals surface area (Å²) in [5.41, 5.74) is 0. The molecule has 1 amide bonds. The van der Waals surface area contributed by atoms with Gasteiger partial charge in [-0.05, 0) is 27.3 Å². The Labute approximate surface area is 98.5 Å². The minimum absolute atomic E-state index is 0. The maximum absolute atomic E-state index is 11.1. The Morgan fingerprint density at radius 3 is 2.00 bits per heavy atom. The lowest BCUT2D eigenvalue weighted by Crippen LogP contribution is -2.50. The van der Waals surface area contributed by atoms with Gasteiger partial charge in [0.25, 0.3) is 0 Å². The van der Waals surface area contributed by atoms with Gasteiger partial charge in [0.15, 0.2) is 0 Å². The first kappa shape index (κ1) is 17.8. The van der Waals surface area contributed by atoms with Gasteiger partial charge in [0.2, 0.25) is 0 Å². The average Bonchev–Trinajstić information content (AvgIpc) is 2.16. The van der Waals surface area contributed by atoms with E-state index in [0.717, 1.165) is 0 Å². The van der Waals surface area contributed by atoms with Crippen molar-refractivity contribution in [3.63, 3.8) is 0 Å². The third-order valence-corrected chi connectivity index (χ3v) is 4.35. The summed E-state index contributed by atoms with van der Waals surface area (Å²) in [7, 11) is -2.25. The molecule has 0 aliphatic heterocycles. The van der Waals surface area contributed by atoms with Crippen molar-refractivity contribution in [2.45, 2.75) is 27.3 Å². The van der Waals surface area contributed by atoms with Crippen LogP contribution in [0.2, 0.25) is 6.55 Å². The van der Waals surface area contributed by atoms with E-state index in [1.165, 1.54) is 0 Å². The molecule has 0 bridgehead atoms. The number of hydrogen-bond donors (Lipinski definition) is 2. The zero-order valence-corrected chi connectivity index (χ0v) is 11.7. The van der Waals surface area contributed by atoms with Crippen LogP contribution in [0.4, 0.5) is 4.79 Å². The molecule has 0 saturated carbocycles. The summed E-state index contributed by atoms with van der Waals surface area (Å²) in [5, 5.41) is 2.64. The summed E-state index contributed by atoms with van der Waals surface area (Å²) in [6, 6.07) is 0. The lowest BCUT2D eigenvalue weighted by atomic mass is 10.9. The van der Waals surface area contributed by atoms with Crippen LogP contribution in [0.25, 0.3) is 0 Å². The van der Waals surface area contributed by atoms with Crippen molar-refractivity contribution in [3.8, 4) is 0 Å². The van der Waals surface area contributed by atoms with E-state index in [4.69, 9.17) is 13.6 Å². The smallest absolute Gasteiger partial charge is 0.407 e. The zero-order chi connectivity index (χ0) is 11.7. The first-order valence-electron chi connectivity index (χ1n) is 5.26. The monoisotopic (exact) mass is 252 g/mol. The lowest BCUT2D eigenvalue weighted by Gasteiger charge is -2.25. The molecule has 0 aliphatic rings. The van der Waals surface area contributed by atoms with E-state index in [2.05, 4.69) is 5.32 Å². The van der Waals surface area contributed by atoms with Crippen LogP contribution < -0.4 is 11.5 Å². The minimum Gasteiger partial charge on any atom is -0.450 e. The molecule has 0 saturated heterocycles. The zero-order valence-electron chi connectivity index (χ0n) is 10.7. The van der Waals surface area contributed by atoms with Crippen LogP contribution in [0.1, 0.15) is 20.8 Å². The van der Waals surface area contributed by atoms with E-state index in [1.807, 2.05) is 20.4 Å². The second-order valence-electron chi connectivity index (χ2n) is 3.07. The van der Waals surface area contributed by atoms with Crippen molar-refractivity contribution < 1.29 is 18.4 Å². The number of ether oxygens (including phenoxy) is 1. The van der Waals surface area contributed by atoms with Crippen molar-refractivity contribution in [1.29, 1.82) is 0 Å². The highest BCUT2D eigenvalue weighted by Gasteiger charge is 2.31. The number of rotatable bonds is 7. The molecule has 0 aromatic rings. The average molecular weight is 252 g/mol. The van der Waals surface area contributed by atoms with Gasteiger partial charge < -0.3 is 25.1 Å². The van der Waals surface area contributed by atoms with Crippen molar-refractivity contribution in [2.75, 3.05) is 26.0 Å². The largest absolute Gasteiger partial charge is 0.450 e. The van der Waals surface area contributed by atoms with Crippen LogP contribution in [-0.4, -0.2) is 40.6 Å². The van der Waals surface area contributed by atoms with Crippen molar-refractivity contribution in [2.24, 2.45) is 0 Å². The maximum atomic E-state index is 11.1. The molecule has 0 radical (unpaired) electrons. The third kappa shape index (κ3) is 7.63. The third-order valence-electron chi connectivity index (χ3n) is 1.73. The summed E-state index contributed by atoms with van der Waals surface area (Å²) >= 11 is 0. The number of nitrogens with one attached hydrogen (secondary N) is 1. The van der Waals surface area contributed by atoms with Gasteiger partial charge in [0, 0.05) is 13.2 Å². The molecule has 0 fully saturated rings. The Morgan fingerprint density at radius 1 is 1.12 bits per heavy atom. The van der Waals surface area contributed by atoms with Crippen molar-refractivity contribution in [3.05, 3.63) is 0 Å². The Hall–Kier alpha value is -0.633. The van der Waals surface area contributed by atoms with Gasteiger partial charge >= 0.3 is 14.7 Å². The summed E-state index contributed by atoms with van der Waals surface area (Å²) in [5.74, 6) is 0. The highest BCUT2D eigenvalue weighted by Crippen LogP contribution is 2.05. The van der Waals surface area contributed by atoms with E-state index in [-0.39, 0.29) is 6.15 Å². The van der Waals surface area contributed by atoms with E-state index in [1.54, 1.807) is 6.92 Å². The van der Waals surface area contributed by atoms with Gasteiger partial charge in [-0.15, -0.1) is 0 Å². The van der Waals surface area contributed by atoms with E-state index < -0.39 is 14.7 Å². The molecular formula is C9H24N2O4Si. The summed E-state index contributed by atoms with van der Waals surface area (Å²) in [4.78, 5) is 11.1. The molecule has 4 N–H and O–H groups in total. The predicted molar refractivity (Wildman–Crippen MR) is 64.9 cm³/mol. The number of hydrogen-bond acceptors (Lipinski definition) is 5. The van der Waals surface area contributed by atoms with Crippen LogP contribution in [-0.2, 0) is 13.6 Å². The van der Waals surface area contributed by atoms with Gasteiger partial charge in [-0.2, -0.15) is 0 Å². The first-order chi connectivity index (χ1) is 7.08. The normalized spacial score (nSPS) is 10.5. The van der Waals surface area contributed by atoms with Gasteiger partial charge in [0.1, 0.15) is 0 Å². The number of alkyl carbamates (subject to hydrolysis) is 1. The Balaban J connectivity index is 0. The second-order valence-corrected chi connectivity index (χ2v) is 6.27. The van der Waals surface area contributed by atoms with E-state index >= 15 is 0 Å². The molecule has 0 aromatic carbocycles. The van der Waals surface area contributed by atoms with E-state index in [9.17, 15) is 4.79 Å².